The molecule has 0 radical (unpaired) electrons. The first-order valence-electron chi connectivity index (χ1n) is 9.39. The average molecular weight is 357 g/mol. The molecule has 0 N–H and O–H groups in total. The van der Waals surface area contributed by atoms with E-state index in [2.05, 4.69) is 30.3 Å². The molecule has 3 heteroatoms. The summed E-state index contributed by atoms with van der Waals surface area (Å²) in [6.07, 6.45) is 0.694. The lowest BCUT2D eigenvalue weighted by Crippen LogP contribution is -2.42. The molecule has 1 saturated heterocycles. The third-order valence-electron chi connectivity index (χ3n) is 5.01. The SMILES string of the molecule is O=C(c1ccccc1Cc1ccccc1)N1CCO[C@@H](c2ccccc2)C1. The van der Waals surface area contributed by atoms with Crippen molar-refractivity contribution in [2.75, 3.05) is 19.7 Å². The van der Waals surface area contributed by atoms with E-state index in [0.717, 1.165) is 23.1 Å². The molecule has 4 rings (SSSR count). The van der Waals surface area contributed by atoms with E-state index in [0.29, 0.717) is 19.7 Å². The minimum atomic E-state index is -0.0646. The lowest BCUT2D eigenvalue weighted by atomic mass is 9.98. The number of hydrogen-bond acceptors (Lipinski definition) is 2. The number of amides is 1. The second-order valence-electron chi connectivity index (χ2n) is 6.84. The zero-order chi connectivity index (χ0) is 18.5. The topological polar surface area (TPSA) is 29.5 Å². The number of ether oxygens (including phenoxy) is 1. The molecule has 1 fully saturated rings. The highest BCUT2D eigenvalue weighted by Gasteiger charge is 2.27. The maximum absolute atomic E-state index is 13.3. The Morgan fingerprint density at radius 1 is 0.889 bits per heavy atom. The molecule has 3 nitrogen and oxygen atoms in total. The molecule has 0 aliphatic carbocycles. The van der Waals surface area contributed by atoms with Crippen LogP contribution in [0.3, 0.4) is 0 Å². The van der Waals surface area contributed by atoms with Gasteiger partial charge in [-0.3, -0.25) is 4.79 Å². The van der Waals surface area contributed by atoms with Crippen LogP contribution in [0.15, 0.2) is 84.9 Å². The number of carbonyl (C=O) groups is 1. The van der Waals surface area contributed by atoms with Gasteiger partial charge in [-0.25, -0.2) is 0 Å². The van der Waals surface area contributed by atoms with Crippen LogP contribution < -0.4 is 0 Å². The Kier molecular flexibility index (Phi) is 5.31. The quantitative estimate of drug-likeness (QED) is 0.688. The first kappa shape index (κ1) is 17.5. The zero-order valence-corrected chi connectivity index (χ0v) is 15.3. The van der Waals surface area contributed by atoms with Gasteiger partial charge in [-0.15, -0.1) is 0 Å². The lowest BCUT2D eigenvalue weighted by Gasteiger charge is -2.33. The highest BCUT2D eigenvalue weighted by atomic mass is 16.5. The Morgan fingerprint density at radius 2 is 1.56 bits per heavy atom. The van der Waals surface area contributed by atoms with Crippen molar-refractivity contribution in [1.29, 1.82) is 0 Å². The van der Waals surface area contributed by atoms with Crippen LogP contribution in [0.5, 0.6) is 0 Å². The van der Waals surface area contributed by atoms with Crippen LogP contribution in [-0.4, -0.2) is 30.5 Å². The van der Waals surface area contributed by atoms with E-state index in [1.54, 1.807) is 0 Å². The predicted octanol–water partition coefficient (Wildman–Crippen LogP) is 4.49. The van der Waals surface area contributed by atoms with Crippen LogP contribution in [0, 0.1) is 0 Å². The third kappa shape index (κ3) is 4.09. The van der Waals surface area contributed by atoms with Gasteiger partial charge in [0.15, 0.2) is 0 Å². The second kappa shape index (κ2) is 8.19. The number of carbonyl (C=O) groups excluding carboxylic acids is 1. The summed E-state index contributed by atoms with van der Waals surface area (Å²) in [7, 11) is 0. The maximum atomic E-state index is 13.3. The molecule has 1 aliphatic heterocycles. The van der Waals surface area contributed by atoms with E-state index in [1.165, 1.54) is 5.56 Å². The molecule has 1 aliphatic rings. The molecule has 0 bridgehead atoms. The molecule has 0 saturated carbocycles. The Morgan fingerprint density at radius 3 is 2.33 bits per heavy atom. The van der Waals surface area contributed by atoms with E-state index < -0.39 is 0 Å². The number of nitrogens with zero attached hydrogens (tertiary/aromatic N) is 1. The van der Waals surface area contributed by atoms with Crippen LogP contribution in [0.1, 0.15) is 33.2 Å². The summed E-state index contributed by atoms with van der Waals surface area (Å²) >= 11 is 0. The van der Waals surface area contributed by atoms with Gasteiger partial charge in [-0.05, 0) is 29.2 Å². The molecule has 0 aromatic heterocycles. The second-order valence-corrected chi connectivity index (χ2v) is 6.84. The van der Waals surface area contributed by atoms with Gasteiger partial charge in [0.25, 0.3) is 5.91 Å². The van der Waals surface area contributed by atoms with Gasteiger partial charge in [0.05, 0.1) is 13.2 Å². The maximum Gasteiger partial charge on any atom is 0.254 e. The van der Waals surface area contributed by atoms with E-state index >= 15 is 0 Å². The summed E-state index contributed by atoms with van der Waals surface area (Å²) in [5.74, 6) is 0.0887. The third-order valence-corrected chi connectivity index (χ3v) is 5.01. The van der Waals surface area contributed by atoms with Crippen molar-refractivity contribution in [2.45, 2.75) is 12.5 Å². The van der Waals surface area contributed by atoms with Crippen molar-refractivity contribution in [3.05, 3.63) is 107 Å². The van der Waals surface area contributed by atoms with Crippen LogP contribution in [-0.2, 0) is 11.2 Å². The highest BCUT2D eigenvalue weighted by molar-refractivity contribution is 5.96. The largest absolute Gasteiger partial charge is 0.370 e. The van der Waals surface area contributed by atoms with Gasteiger partial charge in [-0.1, -0.05) is 78.9 Å². The molecule has 1 amide bonds. The molecular formula is C24H23NO2. The fraction of sp³-hybridized carbons (Fsp3) is 0.208. The Hall–Kier alpha value is -2.91. The van der Waals surface area contributed by atoms with Crippen LogP contribution in [0.4, 0.5) is 0 Å². The number of morpholine rings is 1. The standard InChI is InChI=1S/C24H23NO2/c26-24(25-15-16-27-23(18-25)20-11-5-2-6-12-20)22-14-8-7-13-21(22)17-19-9-3-1-4-10-19/h1-14,23H,15-18H2/t23-/m1/s1. The molecule has 27 heavy (non-hydrogen) atoms. The van der Waals surface area contributed by atoms with Crippen molar-refractivity contribution in [3.63, 3.8) is 0 Å². The van der Waals surface area contributed by atoms with E-state index in [4.69, 9.17) is 4.74 Å². The van der Waals surface area contributed by atoms with Crippen molar-refractivity contribution in [2.24, 2.45) is 0 Å². The molecule has 0 spiro atoms. The average Bonchev–Trinajstić information content (AvgIpc) is 2.75. The highest BCUT2D eigenvalue weighted by Crippen LogP contribution is 2.24. The van der Waals surface area contributed by atoms with E-state index in [9.17, 15) is 4.79 Å². The number of benzene rings is 3. The van der Waals surface area contributed by atoms with Gasteiger partial charge in [0.2, 0.25) is 0 Å². The molecule has 3 aromatic carbocycles. The summed E-state index contributed by atoms with van der Waals surface area (Å²) in [4.78, 5) is 15.2. The van der Waals surface area contributed by atoms with E-state index in [-0.39, 0.29) is 12.0 Å². The fourth-order valence-electron chi connectivity index (χ4n) is 3.57. The van der Waals surface area contributed by atoms with Crippen LogP contribution in [0.25, 0.3) is 0 Å². The summed E-state index contributed by atoms with van der Waals surface area (Å²) in [6.45, 7) is 1.77. The minimum Gasteiger partial charge on any atom is -0.370 e. The molecule has 3 aromatic rings. The summed E-state index contributed by atoms with van der Waals surface area (Å²) in [5, 5.41) is 0. The predicted molar refractivity (Wildman–Crippen MR) is 107 cm³/mol. The molecule has 136 valence electrons. The monoisotopic (exact) mass is 357 g/mol. The molecular weight excluding hydrogens is 334 g/mol. The van der Waals surface area contributed by atoms with Crippen molar-refractivity contribution in [3.8, 4) is 0 Å². The van der Waals surface area contributed by atoms with Gasteiger partial charge >= 0.3 is 0 Å². The lowest BCUT2D eigenvalue weighted by molar-refractivity contribution is -0.0228. The Labute approximate surface area is 160 Å². The van der Waals surface area contributed by atoms with Gasteiger partial charge < -0.3 is 9.64 Å². The molecule has 0 unspecified atom stereocenters. The van der Waals surface area contributed by atoms with Gasteiger partial charge in [-0.2, -0.15) is 0 Å². The zero-order valence-electron chi connectivity index (χ0n) is 15.3. The normalized spacial score (nSPS) is 16.9. The van der Waals surface area contributed by atoms with Crippen LogP contribution >= 0.6 is 0 Å². The first-order chi connectivity index (χ1) is 13.3. The smallest absolute Gasteiger partial charge is 0.254 e. The fourth-order valence-corrected chi connectivity index (χ4v) is 3.57. The van der Waals surface area contributed by atoms with Crippen molar-refractivity contribution >= 4 is 5.91 Å². The van der Waals surface area contributed by atoms with Crippen molar-refractivity contribution in [1.82, 2.24) is 4.90 Å². The summed E-state index contributed by atoms with van der Waals surface area (Å²) in [5.41, 5.74) is 4.18. The van der Waals surface area contributed by atoms with Gasteiger partial charge in [0.1, 0.15) is 6.10 Å². The van der Waals surface area contributed by atoms with E-state index in [1.807, 2.05) is 59.5 Å². The molecule has 1 heterocycles. The minimum absolute atomic E-state index is 0.0646. The Bertz CT molecular complexity index is 893. The van der Waals surface area contributed by atoms with Crippen LogP contribution in [0.2, 0.25) is 0 Å². The van der Waals surface area contributed by atoms with Crippen molar-refractivity contribution < 1.29 is 9.53 Å². The molecule has 1 atom stereocenters. The number of hydrogen-bond donors (Lipinski definition) is 0. The summed E-state index contributed by atoms with van der Waals surface area (Å²) < 4.78 is 5.91. The van der Waals surface area contributed by atoms with Gasteiger partial charge in [0, 0.05) is 12.1 Å². The Balaban J connectivity index is 1.54. The number of rotatable bonds is 4. The first-order valence-corrected chi connectivity index (χ1v) is 9.39. The summed E-state index contributed by atoms with van der Waals surface area (Å²) in [6, 6.07) is 28.3.